The molecule has 1 saturated carbocycles. The Kier molecular flexibility index (Phi) is 4.41. The molecule has 6 nitrogen and oxygen atoms in total. The fourth-order valence-electron chi connectivity index (χ4n) is 3.17. The zero-order valence-electron chi connectivity index (χ0n) is 13.2. The maximum Gasteiger partial charge on any atom is 0.317 e. The highest BCUT2D eigenvalue weighted by atomic mass is 16.5. The summed E-state index contributed by atoms with van der Waals surface area (Å²) in [4.78, 5) is 24.9. The minimum absolute atomic E-state index is 0.0794. The van der Waals surface area contributed by atoms with Gasteiger partial charge in [-0.3, -0.25) is 4.79 Å². The lowest BCUT2D eigenvalue weighted by atomic mass is 9.97. The minimum Gasteiger partial charge on any atom is -0.497 e. The number of carbonyl (C=O) groups excluding carboxylic acids is 1. The molecule has 124 valence electrons. The fourth-order valence-corrected chi connectivity index (χ4v) is 3.17. The highest BCUT2D eigenvalue weighted by Gasteiger charge is 2.40. The van der Waals surface area contributed by atoms with Crippen LogP contribution in [-0.2, 0) is 4.79 Å². The lowest BCUT2D eigenvalue weighted by Crippen LogP contribution is -2.46. The second-order valence-electron chi connectivity index (χ2n) is 6.27. The molecule has 0 aromatic heterocycles. The third kappa shape index (κ3) is 3.57. The number of benzene rings is 1. The number of rotatable bonds is 4. The predicted octanol–water partition coefficient (Wildman–Crippen LogP) is 2.06. The first-order chi connectivity index (χ1) is 11.1. The average molecular weight is 318 g/mol. The van der Waals surface area contributed by atoms with E-state index in [4.69, 9.17) is 9.84 Å². The van der Waals surface area contributed by atoms with Gasteiger partial charge in [0, 0.05) is 25.0 Å². The van der Waals surface area contributed by atoms with Crippen LogP contribution in [0.25, 0.3) is 0 Å². The Hall–Kier alpha value is -2.24. The van der Waals surface area contributed by atoms with Gasteiger partial charge in [-0.05, 0) is 37.0 Å². The van der Waals surface area contributed by atoms with E-state index in [0.717, 1.165) is 12.2 Å². The van der Waals surface area contributed by atoms with E-state index in [1.807, 2.05) is 18.2 Å². The number of carbonyl (C=O) groups is 2. The molecule has 2 amide bonds. The number of piperidine rings is 1. The summed E-state index contributed by atoms with van der Waals surface area (Å²) in [6.45, 7) is 1.03. The molecular formula is C17H22N2O4. The lowest BCUT2D eigenvalue weighted by Gasteiger charge is -2.30. The van der Waals surface area contributed by atoms with Gasteiger partial charge in [0.05, 0.1) is 13.0 Å². The van der Waals surface area contributed by atoms with Crippen molar-refractivity contribution in [2.24, 2.45) is 5.92 Å². The van der Waals surface area contributed by atoms with E-state index < -0.39 is 5.97 Å². The van der Waals surface area contributed by atoms with E-state index in [0.29, 0.717) is 31.8 Å². The molecule has 0 unspecified atom stereocenters. The summed E-state index contributed by atoms with van der Waals surface area (Å²) >= 11 is 0. The van der Waals surface area contributed by atoms with Crippen molar-refractivity contribution in [2.75, 3.05) is 20.2 Å². The number of hydrogen-bond acceptors (Lipinski definition) is 3. The molecule has 1 aromatic carbocycles. The van der Waals surface area contributed by atoms with E-state index in [1.54, 1.807) is 12.0 Å². The van der Waals surface area contributed by atoms with Crippen molar-refractivity contribution in [3.05, 3.63) is 29.8 Å². The summed E-state index contributed by atoms with van der Waals surface area (Å²) < 4.78 is 5.23. The van der Waals surface area contributed by atoms with Crippen LogP contribution in [0, 0.1) is 5.92 Å². The molecule has 0 radical (unpaired) electrons. The van der Waals surface area contributed by atoms with Crippen LogP contribution in [0.2, 0.25) is 0 Å². The summed E-state index contributed by atoms with van der Waals surface area (Å²) in [7, 11) is 1.64. The van der Waals surface area contributed by atoms with Gasteiger partial charge in [0.1, 0.15) is 5.75 Å². The second kappa shape index (κ2) is 6.48. The fraction of sp³-hybridized carbons (Fsp3) is 0.529. The Labute approximate surface area is 135 Å². The molecule has 2 atom stereocenters. The largest absolute Gasteiger partial charge is 0.497 e. The number of carboxylic acid groups (broad SMARTS) is 1. The first-order valence-electron chi connectivity index (χ1n) is 8.00. The van der Waals surface area contributed by atoms with Gasteiger partial charge < -0.3 is 20.1 Å². The van der Waals surface area contributed by atoms with Crippen LogP contribution in [0.15, 0.2) is 24.3 Å². The summed E-state index contributed by atoms with van der Waals surface area (Å²) in [5.74, 6) is 0.0932. The van der Waals surface area contributed by atoms with Gasteiger partial charge >= 0.3 is 12.0 Å². The molecule has 3 rings (SSSR count). The highest BCUT2D eigenvalue weighted by Crippen LogP contribution is 2.41. The zero-order chi connectivity index (χ0) is 16.4. The van der Waals surface area contributed by atoms with Crippen molar-refractivity contribution in [1.29, 1.82) is 0 Å². The van der Waals surface area contributed by atoms with E-state index in [9.17, 15) is 9.59 Å². The molecular weight excluding hydrogens is 296 g/mol. The van der Waals surface area contributed by atoms with Crippen LogP contribution in [0.1, 0.15) is 30.7 Å². The maximum atomic E-state index is 12.3. The third-order valence-corrected chi connectivity index (χ3v) is 4.75. The number of likely N-dealkylation sites (tertiary alicyclic amines) is 1. The molecule has 1 aliphatic heterocycles. The van der Waals surface area contributed by atoms with Crippen LogP contribution in [0.3, 0.4) is 0 Å². The number of carboxylic acids is 1. The van der Waals surface area contributed by atoms with E-state index >= 15 is 0 Å². The number of amides is 2. The molecule has 2 aliphatic rings. The van der Waals surface area contributed by atoms with Gasteiger partial charge in [-0.2, -0.15) is 0 Å². The van der Waals surface area contributed by atoms with E-state index in [2.05, 4.69) is 11.4 Å². The van der Waals surface area contributed by atoms with Crippen molar-refractivity contribution in [1.82, 2.24) is 10.2 Å². The molecule has 2 fully saturated rings. The molecule has 6 heteroatoms. The summed E-state index contributed by atoms with van der Waals surface area (Å²) in [5.41, 5.74) is 1.18. The lowest BCUT2D eigenvalue weighted by molar-refractivity contribution is -0.143. The topological polar surface area (TPSA) is 78.9 Å². The van der Waals surface area contributed by atoms with Crippen molar-refractivity contribution < 1.29 is 19.4 Å². The normalized spacial score (nSPS) is 24.1. The van der Waals surface area contributed by atoms with Gasteiger partial charge in [0.25, 0.3) is 0 Å². The van der Waals surface area contributed by atoms with Crippen LogP contribution < -0.4 is 10.1 Å². The first-order valence-corrected chi connectivity index (χ1v) is 8.00. The Morgan fingerprint density at radius 1 is 1.30 bits per heavy atom. The van der Waals surface area contributed by atoms with Gasteiger partial charge in [-0.25, -0.2) is 4.79 Å². The van der Waals surface area contributed by atoms with Crippen molar-refractivity contribution in [2.45, 2.75) is 31.2 Å². The summed E-state index contributed by atoms with van der Waals surface area (Å²) in [6.07, 6.45) is 2.00. The molecule has 1 aromatic rings. The molecule has 1 saturated heterocycles. The monoisotopic (exact) mass is 318 g/mol. The second-order valence-corrected chi connectivity index (χ2v) is 6.27. The van der Waals surface area contributed by atoms with E-state index in [-0.39, 0.29) is 18.0 Å². The van der Waals surface area contributed by atoms with Crippen LogP contribution in [-0.4, -0.2) is 48.2 Å². The van der Waals surface area contributed by atoms with Crippen molar-refractivity contribution in [3.63, 3.8) is 0 Å². The Bertz CT molecular complexity index is 596. The Morgan fingerprint density at radius 2 is 2.04 bits per heavy atom. The van der Waals surface area contributed by atoms with Crippen LogP contribution >= 0.6 is 0 Å². The zero-order valence-corrected chi connectivity index (χ0v) is 13.2. The average Bonchev–Trinajstić information content (AvgIpc) is 3.34. The van der Waals surface area contributed by atoms with Gasteiger partial charge in [0.2, 0.25) is 0 Å². The smallest absolute Gasteiger partial charge is 0.317 e. The minimum atomic E-state index is -0.759. The molecule has 0 bridgehead atoms. The molecule has 1 aliphatic carbocycles. The van der Waals surface area contributed by atoms with Crippen molar-refractivity contribution in [3.8, 4) is 5.75 Å². The summed E-state index contributed by atoms with van der Waals surface area (Å²) in [6, 6.07) is 8.01. The number of nitrogens with zero attached hydrogens (tertiary/aromatic N) is 1. The molecule has 1 heterocycles. The van der Waals surface area contributed by atoms with Crippen molar-refractivity contribution >= 4 is 12.0 Å². The van der Waals surface area contributed by atoms with Crippen LogP contribution in [0.4, 0.5) is 4.79 Å². The summed E-state index contributed by atoms with van der Waals surface area (Å²) in [5, 5.41) is 12.0. The number of aliphatic carboxylic acids is 1. The number of urea groups is 1. The SMILES string of the molecule is COc1cccc([C@@H]2C[C@H]2NC(=O)N2CCC(C(=O)O)CC2)c1. The van der Waals surface area contributed by atoms with E-state index in [1.165, 1.54) is 5.56 Å². The van der Waals surface area contributed by atoms with Gasteiger partial charge in [0.15, 0.2) is 0 Å². The number of methoxy groups -OCH3 is 1. The number of ether oxygens (including phenoxy) is 1. The Balaban J connectivity index is 1.49. The van der Waals surface area contributed by atoms with Gasteiger partial charge in [-0.1, -0.05) is 12.1 Å². The molecule has 23 heavy (non-hydrogen) atoms. The highest BCUT2D eigenvalue weighted by molar-refractivity contribution is 5.76. The molecule has 2 N–H and O–H groups in total. The number of hydrogen-bond donors (Lipinski definition) is 2. The quantitative estimate of drug-likeness (QED) is 0.890. The van der Waals surface area contributed by atoms with Gasteiger partial charge in [-0.15, -0.1) is 0 Å². The standard InChI is InChI=1S/C17H22N2O4/c1-23-13-4-2-3-12(9-13)14-10-15(14)18-17(22)19-7-5-11(6-8-19)16(20)21/h2-4,9,11,14-15H,5-8,10H2,1H3,(H,18,22)(H,20,21)/t14-,15+/m0/s1. The molecule has 0 spiro atoms. The first kappa shape index (κ1) is 15.6. The third-order valence-electron chi connectivity index (χ3n) is 4.75. The number of nitrogens with one attached hydrogen (secondary N) is 1. The Morgan fingerprint density at radius 3 is 2.70 bits per heavy atom. The van der Waals surface area contributed by atoms with Crippen LogP contribution in [0.5, 0.6) is 5.75 Å². The maximum absolute atomic E-state index is 12.3. The predicted molar refractivity (Wildman–Crippen MR) is 84.6 cm³/mol.